The van der Waals surface area contributed by atoms with Gasteiger partial charge in [0.25, 0.3) is 4.84 Å². The summed E-state index contributed by atoms with van der Waals surface area (Å²) in [6.45, 7) is 1.89. The molecule has 2 aromatic rings. The van der Waals surface area contributed by atoms with Crippen molar-refractivity contribution in [2.24, 2.45) is 0 Å². The van der Waals surface area contributed by atoms with Gasteiger partial charge in [-0.25, -0.2) is 4.98 Å². The summed E-state index contributed by atoms with van der Waals surface area (Å²) < 4.78 is 5.19. The third-order valence-corrected chi connectivity index (χ3v) is 1.92. The molecular formula is C7H5ClN2OS. The molecule has 0 aliphatic carbocycles. The second kappa shape index (κ2) is 2.57. The molecule has 5 heteroatoms. The summed E-state index contributed by atoms with van der Waals surface area (Å²) in [6, 6.07) is 1.73. The molecule has 0 aliphatic heterocycles. The number of nitrogens with zero attached hydrogens (tertiary/aromatic N) is 1. The van der Waals surface area contributed by atoms with E-state index in [0.29, 0.717) is 21.2 Å². The van der Waals surface area contributed by atoms with Crippen molar-refractivity contribution >= 4 is 35.0 Å². The van der Waals surface area contributed by atoms with E-state index in [0.717, 1.165) is 5.56 Å². The largest absolute Gasteiger partial charge is 0.427 e. The number of aromatic amines is 1. The Balaban J connectivity index is 2.97. The van der Waals surface area contributed by atoms with E-state index in [-0.39, 0.29) is 0 Å². The zero-order valence-corrected chi connectivity index (χ0v) is 7.79. The molecule has 0 amide bonds. The predicted molar refractivity (Wildman–Crippen MR) is 48.9 cm³/mol. The molecule has 2 rings (SSSR count). The predicted octanol–water partition coefficient (Wildman–Crippen LogP) is 2.85. The minimum Gasteiger partial charge on any atom is -0.427 e. The second-order valence-corrected chi connectivity index (χ2v) is 3.21. The standard InChI is InChI=1S/C7H5ClN2OS/c1-3-2-4(8)9-6-5(3)11-7(12)10-6/h2H,1H3,(H,9,10,12). The van der Waals surface area contributed by atoms with Crippen molar-refractivity contribution in [1.29, 1.82) is 0 Å². The summed E-state index contributed by atoms with van der Waals surface area (Å²) in [5.74, 6) is 0. The van der Waals surface area contributed by atoms with Gasteiger partial charge in [0, 0.05) is 0 Å². The van der Waals surface area contributed by atoms with Crippen molar-refractivity contribution in [3.8, 4) is 0 Å². The van der Waals surface area contributed by atoms with Crippen LogP contribution in [0.4, 0.5) is 0 Å². The van der Waals surface area contributed by atoms with E-state index < -0.39 is 0 Å². The highest BCUT2D eigenvalue weighted by atomic mass is 35.5. The summed E-state index contributed by atoms with van der Waals surface area (Å²) in [5.41, 5.74) is 2.20. The first-order valence-electron chi connectivity index (χ1n) is 3.33. The lowest BCUT2D eigenvalue weighted by atomic mass is 10.3. The highest BCUT2D eigenvalue weighted by Crippen LogP contribution is 2.19. The van der Waals surface area contributed by atoms with Crippen LogP contribution in [0.3, 0.4) is 0 Å². The van der Waals surface area contributed by atoms with Crippen LogP contribution in [0, 0.1) is 11.8 Å². The Morgan fingerprint density at radius 1 is 1.67 bits per heavy atom. The summed E-state index contributed by atoms with van der Waals surface area (Å²) in [5, 5.41) is 0.437. The molecule has 0 atom stereocenters. The molecule has 0 bridgehead atoms. The van der Waals surface area contributed by atoms with Gasteiger partial charge in [0.05, 0.1) is 0 Å². The van der Waals surface area contributed by atoms with Gasteiger partial charge in [0.1, 0.15) is 5.15 Å². The number of H-pyrrole nitrogens is 1. The lowest BCUT2D eigenvalue weighted by Gasteiger charge is -1.92. The molecule has 12 heavy (non-hydrogen) atoms. The third kappa shape index (κ3) is 1.13. The second-order valence-electron chi connectivity index (χ2n) is 2.45. The fraction of sp³-hybridized carbons (Fsp3) is 0.143. The normalized spacial score (nSPS) is 10.8. The maximum atomic E-state index is 5.73. The first-order chi connectivity index (χ1) is 5.66. The van der Waals surface area contributed by atoms with Crippen LogP contribution in [0.25, 0.3) is 11.2 Å². The van der Waals surface area contributed by atoms with Crippen LogP contribution in [-0.2, 0) is 0 Å². The fourth-order valence-electron chi connectivity index (χ4n) is 1.05. The number of hydrogen-bond acceptors (Lipinski definition) is 3. The molecule has 1 N–H and O–H groups in total. The minimum absolute atomic E-state index is 0.322. The monoisotopic (exact) mass is 200 g/mol. The zero-order valence-electron chi connectivity index (χ0n) is 6.22. The number of hydrogen-bond donors (Lipinski definition) is 1. The summed E-state index contributed by atoms with van der Waals surface area (Å²) >= 11 is 10.5. The number of aromatic nitrogens is 2. The number of halogens is 1. The van der Waals surface area contributed by atoms with Crippen molar-refractivity contribution in [1.82, 2.24) is 9.97 Å². The van der Waals surface area contributed by atoms with Crippen LogP contribution in [0.1, 0.15) is 5.56 Å². The molecule has 0 saturated carbocycles. The van der Waals surface area contributed by atoms with Gasteiger partial charge in [0.15, 0.2) is 11.2 Å². The summed E-state index contributed by atoms with van der Waals surface area (Å²) in [4.78, 5) is 7.12. The van der Waals surface area contributed by atoms with Gasteiger partial charge in [-0.1, -0.05) is 11.6 Å². The number of aryl methyl sites for hydroxylation is 1. The Morgan fingerprint density at radius 3 is 3.17 bits per heavy atom. The number of fused-ring (bicyclic) bond motifs is 1. The molecule has 0 radical (unpaired) electrons. The first-order valence-corrected chi connectivity index (χ1v) is 4.11. The lowest BCUT2D eigenvalue weighted by Crippen LogP contribution is -1.80. The molecule has 0 aliphatic rings. The molecule has 0 spiro atoms. The molecule has 0 fully saturated rings. The van der Waals surface area contributed by atoms with Gasteiger partial charge >= 0.3 is 0 Å². The van der Waals surface area contributed by atoms with Crippen molar-refractivity contribution in [2.45, 2.75) is 6.92 Å². The van der Waals surface area contributed by atoms with Crippen molar-refractivity contribution in [3.05, 3.63) is 21.6 Å². The first kappa shape index (κ1) is 7.76. The lowest BCUT2D eigenvalue weighted by molar-refractivity contribution is 0.581. The summed E-state index contributed by atoms with van der Waals surface area (Å²) in [6.07, 6.45) is 0. The maximum absolute atomic E-state index is 5.73. The van der Waals surface area contributed by atoms with Crippen LogP contribution < -0.4 is 0 Å². The molecule has 2 heterocycles. The Labute approximate surface area is 78.4 Å². The van der Waals surface area contributed by atoms with Gasteiger partial charge in [-0.3, -0.25) is 4.98 Å². The van der Waals surface area contributed by atoms with Crippen molar-refractivity contribution < 1.29 is 4.42 Å². The molecule has 0 unspecified atom stereocenters. The van der Waals surface area contributed by atoms with Gasteiger partial charge in [-0.2, -0.15) is 0 Å². The fourth-order valence-corrected chi connectivity index (χ4v) is 1.48. The average molecular weight is 201 g/mol. The quantitative estimate of drug-likeness (QED) is 0.525. The van der Waals surface area contributed by atoms with E-state index in [1.165, 1.54) is 0 Å². The average Bonchev–Trinajstić information content (AvgIpc) is 2.29. The maximum Gasteiger partial charge on any atom is 0.268 e. The van der Waals surface area contributed by atoms with Crippen LogP contribution in [0.2, 0.25) is 5.15 Å². The van der Waals surface area contributed by atoms with Gasteiger partial charge < -0.3 is 4.42 Å². The summed E-state index contributed by atoms with van der Waals surface area (Å²) in [7, 11) is 0. The molecule has 62 valence electrons. The number of oxazole rings is 1. The zero-order chi connectivity index (χ0) is 8.72. The molecular weight excluding hydrogens is 196 g/mol. The van der Waals surface area contributed by atoms with Crippen molar-refractivity contribution in [3.63, 3.8) is 0 Å². The van der Waals surface area contributed by atoms with E-state index in [1.54, 1.807) is 6.07 Å². The molecule has 2 aromatic heterocycles. The SMILES string of the molecule is Cc1cc(Cl)nc2[nH]c(=S)oc12. The van der Waals surface area contributed by atoms with E-state index >= 15 is 0 Å². The van der Waals surface area contributed by atoms with Crippen LogP contribution in [-0.4, -0.2) is 9.97 Å². The molecule has 0 saturated heterocycles. The van der Waals surface area contributed by atoms with Crippen LogP contribution in [0.5, 0.6) is 0 Å². The molecule has 0 aromatic carbocycles. The Bertz CT molecular complexity index is 488. The Kier molecular flexibility index (Phi) is 1.66. The smallest absolute Gasteiger partial charge is 0.268 e. The van der Waals surface area contributed by atoms with E-state index in [2.05, 4.69) is 9.97 Å². The van der Waals surface area contributed by atoms with E-state index in [9.17, 15) is 0 Å². The van der Waals surface area contributed by atoms with Gasteiger partial charge in [-0.15, -0.1) is 0 Å². The van der Waals surface area contributed by atoms with E-state index in [1.807, 2.05) is 6.92 Å². The minimum atomic E-state index is 0.322. The van der Waals surface area contributed by atoms with Gasteiger partial charge in [0.2, 0.25) is 0 Å². The van der Waals surface area contributed by atoms with Crippen LogP contribution >= 0.6 is 23.8 Å². The third-order valence-electron chi connectivity index (χ3n) is 1.54. The van der Waals surface area contributed by atoms with Gasteiger partial charge in [-0.05, 0) is 30.8 Å². The Morgan fingerprint density at radius 2 is 2.42 bits per heavy atom. The highest BCUT2D eigenvalue weighted by Gasteiger charge is 2.04. The highest BCUT2D eigenvalue weighted by molar-refractivity contribution is 7.71. The van der Waals surface area contributed by atoms with Crippen LogP contribution in [0.15, 0.2) is 10.5 Å². The molecule has 3 nitrogen and oxygen atoms in total. The topological polar surface area (TPSA) is 41.8 Å². The number of nitrogens with one attached hydrogen (secondary N) is 1. The number of rotatable bonds is 0. The Hall–Kier alpha value is -0.870. The van der Waals surface area contributed by atoms with E-state index in [4.69, 9.17) is 28.2 Å². The number of pyridine rings is 1. The van der Waals surface area contributed by atoms with Crippen molar-refractivity contribution in [2.75, 3.05) is 0 Å².